The maximum Gasteiger partial charge on any atom is 0.306 e. The van der Waals surface area contributed by atoms with Crippen LogP contribution in [0.3, 0.4) is 0 Å². The largest absolute Gasteiger partial charge is 0.507 e. The van der Waals surface area contributed by atoms with E-state index in [1.54, 1.807) is 31.3 Å². The van der Waals surface area contributed by atoms with Gasteiger partial charge >= 0.3 is 5.97 Å². The van der Waals surface area contributed by atoms with Crippen molar-refractivity contribution >= 4 is 11.8 Å². The molecular weight excluding hydrogens is 482 g/mol. The summed E-state index contributed by atoms with van der Waals surface area (Å²) in [5, 5.41) is 33.5. The highest BCUT2D eigenvalue weighted by atomic mass is 16.7. The van der Waals surface area contributed by atoms with Gasteiger partial charge in [0.25, 0.3) is 0 Å². The van der Waals surface area contributed by atoms with Crippen LogP contribution in [0.25, 0.3) is 0 Å². The molecule has 10 heteroatoms. The number of esters is 1. The van der Waals surface area contributed by atoms with Gasteiger partial charge in [-0.05, 0) is 37.6 Å². The van der Waals surface area contributed by atoms with Gasteiger partial charge in [0.2, 0.25) is 6.79 Å². The van der Waals surface area contributed by atoms with Crippen LogP contribution in [0.1, 0.15) is 69.2 Å². The number of carbonyl (C=O) groups excluding carboxylic acids is 2. The van der Waals surface area contributed by atoms with Crippen molar-refractivity contribution < 1.29 is 43.9 Å². The summed E-state index contributed by atoms with van der Waals surface area (Å²) in [6.07, 6.45) is 0.389. The van der Waals surface area contributed by atoms with Crippen LogP contribution in [-0.2, 0) is 20.9 Å². The Balaban J connectivity index is 1.73. The smallest absolute Gasteiger partial charge is 0.306 e. The van der Waals surface area contributed by atoms with E-state index in [1.165, 1.54) is 20.1 Å². The molecule has 2 aliphatic heterocycles. The number of aryl methyl sites for hydroxylation is 1. The Morgan fingerprint density at radius 1 is 1.11 bits per heavy atom. The van der Waals surface area contributed by atoms with E-state index in [0.29, 0.717) is 33.9 Å². The molecule has 2 atom stereocenters. The van der Waals surface area contributed by atoms with Gasteiger partial charge in [-0.25, -0.2) is 0 Å². The number of nitrogens with zero attached hydrogens (tertiary/aromatic N) is 1. The Morgan fingerprint density at radius 3 is 2.59 bits per heavy atom. The maximum absolute atomic E-state index is 12.6. The summed E-state index contributed by atoms with van der Waals surface area (Å²) in [4.78, 5) is 29.2. The van der Waals surface area contributed by atoms with Gasteiger partial charge in [-0.15, -0.1) is 0 Å². The lowest BCUT2D eigenvalue weighted by Crippen LogP contribution is -2.13. The number of benzene rings is 2. The zero-order valence-electron chi connectivity index (χ0n) is 20.4. The van der Waals surface area contributed by atoms with Crippen molar-refractivity contribution in [1.29, 1.82) is 0 Å². The molecule has 2 aromatic carbocycles. The number of hydrogen-bond acceptors (Lipinski definition) is 10. The fourth-order valence-corrected chi connectivity index (χ4v) is 4.83. The van der Waals surface area contributed by atoms with Crippen LogP contribution in [0.5, 0.6) is 28.7 Å². The first-order chi connectivity index (χ1) is 17.7. The van der Waals surface area contributed by atoms with E-state index >= 15 is 0 Å². The minimum absolute atomic E-state index is 0.0388. The molecule has 0 spiro atoms. The van der Waals surface area contributed by atoms with Crippen LogP contribution in [0.15, 0.2) is 30.5 Å². The molecule has 10 nitrogen and oxygen atoms in total. The lowest BCUT2D eigenvalue weighted by molar-refractivity contribution is -0.140. The molecule has 2 aliphatic rings. The first-order valence-corrected chi connectivity index (χ1v) is 11.6. The van der Waals surface area contributed by atoms with Crippen molar-refractivity contribution in [3.05, 3.63) is 69.5 Å². The van der Waals surface area contributed by atoms with Gasteiger partial charge in [0.05, 0.1) is 31.4 Å². The number of aromatic nitrogens is 1. The highest BCUT2D eigenvalue weighted by Crippen LogP contribution is 2.51. The molecule has 0 unspecified atom stereocenters. The molecule has 0 bridgehead atoms. The first kappa shape index (κ1) is 24.4. The van der Waals surface area contributed by atoms with Gasteiger partial charge in [-0.1, -0.05) is 6.07 Å². The predicted octanol–water partition coefficient (Wildman–Crippen LogP) is 3.75. The second kappa shape index (κ2) is 9.29. The number of ether oxygens (including phenoxy) is 4. The molecule has 5 rings (SSSR count). The Labute approximate surface area is 212 Å². The number of pyridine rings is 1. The standard InChI is InChI=1S/C27H25NO9/c1-12-24(31)22-15(9-28-12)10-35-27(22)18-7-16(13(2)29)25(32)23(26(18)33)17(8-21(30)34-3)14-4-5-19-20(6-14)37-11-36-19/h4-7,9,17,27,31-33H,8,10-11H2,1-3H3/t17-,27+/m0/s1. The third kappa shape index (κ3) is 4.09. The molecule has 1 aromatic heterocycles. The minimum Gasteiger partial charge on any atom is -0.507 e. The number of hydrogen-bond donors (Lipinski definition) is 3. The Morgan fingerprint density at radius 2 is 1.86 bits per heavy atom. The minimum atomic E-state index is -0.940. The Hall–Kier alpha value is -4.31. The maximum atomic E-state index is 12.6. The molecule has 0 fully saturated rings. The molecule has 0 aliphatic carbocycles. The molecule has 3 heterocycles. The van der Waals surface area contributed by atoms with Gasteiger partial charge in [0.15, 0.2) is 17.3 Å². The number of phenolic OH excluding ortho intramolecular Hbond substituents is 2. The van der Waals surface area contributed by atoms with Crippen molar-refractivity contribution in [1.82, 2.24) is 4.98 Å². The van der Waals surface area contributed by atoms with Crippen molar-refractivity contribution in [2.45, 2.75) is 38.9 Å². The van der Waals surface area contributed by atoms with Gasteiger partial charge < -0.3 is 34.3 Å². The summed E-state index contributed by atoms with van der Waals surface area (Å²) in [6.45, 7) is 3.08. The molecule has 37 heavy (non-hydrogen) atoms. The number of fused-ring (bicyclic) bond motifs is 2. The van der Waals surface area contributed by atoms with Gasteiger partial charge in [0.1, 0.15) is 23.4 Å². The van der Waals surface area contributed by atoms with E-state index < -0.39 is 29.5 Å². The molecule has 0 amide bonds. The molecule has 0 saturated carbocycles. The molecular formula is C27H25NO9. The molecule has 0 radical (unpaired) electrons. The first-order valence-electron chi connectivity index (χ1n) is 11.6. The number of Topliss-reactive ketones (excluding diaryl/α,β-unsaturated/α-hetero) is 1. The fraction of sp³-hybridized carbons (Fsp3) is 0.296. The zero-order valence-corrected chi connectivity index (χ0v) is 20.4. The van der Waals surface area contributed by atoms with Crippen LogP contribution in [-0.4, -0.2) is 46.0 Å². The normalized spacial score (nSPS) is 16.4. The lowest BCUT2D eigenvalue weighted by atomic mass is 9.83. The third-order valence-electron chi connectivity index (χ3n) is 6.77. The van der Waals surface area contributed by atoms with Crippen LogP contribution in [0.2, 0.25) is 0 Å². The van der Waals surface area contributed by atoms with Gasteiger partial charge in [-0.3, -0.25) is 14.6 Å². The van der Waals surface area contributed by atoms with E-state index in [2.05, 4.69) is 4.98 Å². The summed E-state index contributed by atoms with van der Waals surface area (Å²) in [6, 6.07) is 6.34. The zero-order chi connectivity index (χ0) is 26.4. The highest BCUT2D eigenvalue weighted by molar-refractivity contribution is 5.98. The number of carbonyl (C=O) groups is 2. The van der Waals surface area contributed by atoms with E-state index in [4.69, 9.17) is 18.9 Å². The summed E-state index contributed by atoms with van der Waals surface area (Å²) in [5.41, 5.74) is 1.99. The quantitative estimate of drug-likeness (QED) is 0.333. The SMILES string of the molecule is COC(=O)C[C@@H](c1ccc2c(c1)OCO2)c1c(O)c(C(C)=O)cc([C@H]2OCc3cnc(C)c(O)c32)c1O. The lowest BCUT2D eigenvalue weighted by Gasteiger charge is -2.24. The average molecular weight is 507 g/mol. The summed E-state index contributed by atoms with van der Waals surface area (Å²) in [5.74, 6) is -1.95. The molecule has 0 saturated heterocycles. The Bertz CT molecular complexity index is 1430. The highest BCUT2D eigenvalue weighted by Gasteiger charge is 2.36. The van der Waals surface area contributed by atoms with Crippen molar-refractivity contribution in [3.8, 4) is 28.7 Å². The Kier molecular flexibility index (Phi) is 6.12. The summed E-state index contributed by atoms with van der Waals surface area (Å²) < 4.78 is 21.7. The second-order valence-electron chi connectivity index (χ2n) is 8.95. The van der Waals surface area contributed by atoms with E-state index in [9.17, 15) is 24.9 Å². The van der Waals surface area contributed by atoms with Crippen LogP contribution in [0.4, 0.5) is 0 Å². The van der Waals surface area contributed by atoms with Crippen molar-refractivity contribution in [3.63, 3.8) is 0 Å². The number of phenols is 2. The average Bonchev–Trinajstić information content (AvgIpc) is 3.52. The summed E-state index contributed by atoms with van der Waals surface area (Å²) >= 11 is 0. The van der Waals surface area contributed by atoms with Crippen molar-refractivity contribution in [2.75, 3.05) is 13.9 Å². The van der Waals surface area contributed by atoms with Crippen LogP contribution >= 0.6 is 0 Å². The molecule has 3 N–H and O–H groups in total. The number of ketones is 1. The molecule has 3 aromatic rings. The van der Waals surface area contributed by atoms with Gasteiger partial charge in [0, 0.05) is 34.4 Å². The van der Waals surface area contributed by atoms with Crippen LogP contribution in [0, 0.1) is 6.92 Å². The van der Waals surface area contributed by atoms with E-state index in [0.717, 1.165) is 0 Å². The predicted molar refractivity (Wildman–Crippen MR) is 128 cm³/mol. The number of methoxy groups -OCH3 is 1. The number of aromatic hydroxyl groups is 3. The summed E-state index contributed by atoms with van der Waals surface area (Å²) in [7, 11) is 1.23. The van der Waals surface area contributed by atoms with E-state index in [1.807, 2.05) is 0 Å². The van der Waals surface area contributed by atoms with E-state index in [-0.39, 0.29) is 48.0 Å². The van der Waals surface area contributed by atoms with Crippen molar-refractivity contribution in [2.24, 2.45) is 0 Å². The fourth-order valence-electron chi connectivity index (χ4n) is 4.83. The third-order valence-corrected chi connectivity index (χ3v) is 6.77. The topological polar surface area (TPSA) is 145 Å². The molecule has 192 valence electrons. The van der Waals surface area contributed by atoms with Gasteiger partial charge in [-0.2, -0.15) is 0 Å². The number of rotatable bonds is 6. The monoisotopic (exact) mass is 507 g/mol. The second-order valence-corrected chi connectivity index (χ2v) is 8.95. The van der Waals surface area contributed by atoms with Crippen LogP contribution < -0.4 is 9.47 Å².